The molecule has 0 aliphatic rings. The number of aromatic hydroxyl groups is 2. The van der Waals surface area contributed by atoms with Crippen molar-refractivity contribution in [3.05, 3.63) is 23.8 Å². The minimum absolute atomic E-state index is 0.0728. The van der Waals surface area contributed by atoms with Gasteiger partial charge in [-0.2, -0.15) is 0 Å². The number of hydrogen-bond acceptors (Lipinski definition) is 5. The second-order valence-corrected chi connectivity index (χ2v) is 3.44. The molecule has 6 heteroatoms. The molecule has 0 saturated heterocycles. The van der Waals surface area contributed by atoms with E-state index in [0.717, 1.165) is 11.0 Å². The first kappa shape index (κ1) is 12.8. The molecule has 0 spiro atoms. The van der Waals surface area contributed by atoms with Crippen LogP contribution in [0.1, 0.15) is 10.4 Å². The van der Waals surface area contributed by atoms with Gasteiger partial charge in [0.05, 0.1) is 12.7 Å². The van der Waals surface area contributed by atoms with Crippen molar-refractivity contribution in [2.75, 3.05) is 20.7 Å². The number of carbonyl (C=O) groups is 2. The minimum atomic E-state index is -0.580. The third-order valence-corrected chi connectivity index (χ3v) is 2.15. The molecule has 92 valence electrons. The molecule has 0 saturated carbocycles. The van der Waals surface area contributed by atoms with Gasteiger partial charge in [-0.05, 0) is 18.2 Å². The number of benzene rings is 1. The van der Waals surface area contributed by atoms with Crippen LogP contribution in [0.2, 0.25) is 0 Å². The van der Waals surface area contributed by atoms with Gasteiger partial charge in [-0.3, -0.25) is 9.59 Å². The summed E-state index contributed by atoms with van der Waals surface area (Å²) in [6, 6.07) is 3.59. The highest BCUT2D eigenvalue weighted by atomic mass is 16.5. The standard InChI is InChI=1S/C11H13NO5/c1-12(6-10(15)17-2)11(16)8-5-7(13)3-4-9(8)14/h3-5,13-14H,6H2,1-2H3. The molecule has 0 heterocycles. The fourth-order valence-electron chi connectivity index (χ4n) is 1.23. The lowest BCUT2D eigenvalue weighted by molar-refractivity contribution is -0.141. The molecular formula is C11H13NO5. The van der Waals surface area contributed by atoms with Crippen LogP contribution < -0.4 is 0 Å². The van der Waals surface area contributed by atoms with Gasteiger partial charge in [0.25, 0.3) is 5.91 Å². The van der Waals surface area contributed by atoms with Gasteiger partial charge in [-0.15, -0.1) is 0 Å². The number of hydrogen-bond donors (Lipinski definition) is 2. The maximum Gasteiger partial charge on any atom is 0.325 e. The Hall–Kier alpha value is -2.24. The van der Waals surface area contributed by atoms with Gasteiger partial charge in [-0.25, -0.2) is 0 Å². The van der Waals surface area contributed by atoms with Gasteiger partial charge in [0, 0.05) is 7.05 Å². The third-order valence-electron chi connectivity index (χ3n) is 2.15. The monoisotopic (exact) mass is 239 g/mol. The van der Waals surface area contributed by atoms with Crippen molar-refractivity contribution in [1.82, 2.24) is 4.90 Å². The fourth-order valence-corrected chi connectivity index (χ4v) is 1.23. The summed E-state index contributed by atoms with van der Waals surface area (Å²) in [4.78, 5) is 23.9. The van der Waals surface area contributed by atoms with Crippen LogP contribution in [-0.4, -0.2) is 47.7 Å². The summed E-state index contributed by atoms with van der Waals surface area (Å²) >= 11 is 0. The first-order valence-corrected chi connectivity index (χ1v) is 4.80. The number of esters is 1. The van der Waals surface area contributed by atoms with E-state index < -0.39 is 11.9 Å². The highest BCUT2D eigenvalue weighted by molar-refractivity contribution is 5.98. The zero-order chi connectivity index (χ0) is 13.0. The van der Waals surface area contributed by atoms with Crippen molar-refractivity contribution in [1.29, 1.82) is 0 Å². The lowest BCUT2D eigenvalue weighted by atomic mass is 10.1. The smallest absolute Gasteiger partial charge is 0.325 e. The predicted octanol–water partition coefficient (Wildman–Crippen LogP) is 0.343. The van der Waals surface area contributed by atoms with Crippen molar-refractivity contribution < 1.29 is 24.5 Å². The first-order valence-electron chi connectivity index (χ1n) is 4.80. The summed E-state index contributed by atoms with van der Waals surface area (Å²) in [6.45, 7) is -0.232. The Morgan fingerprint density at radius 3 is 2.59 bits per heavy atom. The fraction of sp³-hybridized carbons (Fsp3) is 0.273. The van der Waals surface area contributed by atoms with Crippen LogP contribution in [0.25, 0.3) is 0 Å². The average molecular weight is 239 g/mol. The second-order valence-electron chi connectivity index (χ2n) is 3.44. The normalized spacial score (nSPS) is 9.76. The van der Waals surface area contributed by atoms with Crippen LogP contribution in [0, 0.1) is 0 Å². The Labute approximate surface area is 98.0 Å². The number of amides is 1. The number of ether oxygens (including phenoxy) is 1. The van der Waals surface area contributed by atoms with E-state index in [4.69, 9.17) is 0 Å². The van der Waals surface area contributed by atoms with E-state index in [1.54, 1.807) is 0 Å². The number of carbonyl (C=O) groups excluding carboxylic acids is 2. The molecule has 1 aromatic carbocycles. The number of phenols is 2. The molecule has 0 fully saturated rings. The molecule has 0 aliphatic heterocycles. The topological polar surface area (TPSA) is 87.1 Å². The van der Waals surface area contributed by atoms with Crippen LogP contribution in [0.3, 0.4) is 0 Å². The predicted molar refractivity (Wildman–Crippen MR) is 58.7 cm³/mol. The van der Waals surface area contributed by atoms with Crippen molar-refractivity contribution >= 4 is 11.9 Å². The summed E-state index contributed by atoms with van der Waals surface area (Å²) in [6.07, 6.45) is 0. The molecule has 0 atom stereocenters. The quantitative estimate of drug-likeness (QED) is 0.586. The molecule has 0 radical (unpaired) electrons. The molecule has 1 amide bonds. The Morgan fingerprint density at radius 2 is 2.00 bits per heavy atom. The summed E-state index contributed by atoms with van der Waals surface area (Å²) in [5.41, 5.74) is -0.0728. The summed E-state index contributed by atoms with van der Waals surface area (Å²) in [5, 5.41) is 18.7. The molecule has 0 aromatic heterocycles. The van der Waals surface area contributed by atoms with Gasteiger partial charge >= 0.3 is 5.97 Å². The zero-order valence-electron chi connectivity index (χ0n) is 9.51. The van der Waals surface area contributed by atoms with Crippen LogP contribution in [-0.2, 0) is 9.53 Å². The molecule has 0 bridgehead atoms. The second kappa shape index (κ2) is 5.20. The Morgan fingerprint density at radius 1 is 1.35 bits per heavy atom. The number of likely N-dealkylation sites (N-methyl/N-ethyl adjacent to an activating group) is 1. The van der Waals surface area contributed by atoms with Crippen molar-refractivity contribution in [3.63, 3.8) is 0 Å². The lowest BCUT2D eigenvalue weighted by Crippen LogP contribution is -2.32. The molecule has 0 aliphatic carbocycles. The summed E-state index contributed by atoms with van der Waals surface area (Å²) in [7, 11) is 2.61. The zero-order valence-corrected chi connectivity index (χ0v) is 9.51. The number of phenolic OH excluding ortho intramolecular Hbond substituents is 2. The van der Waals surface area contributed by atoms with Gasteiger partial charge in [0.1, 0.15) is 18.0 Å². The van der Waals surface area contributed by atoms with Gasteiger partial charge < -0.3 is 19.8 Å². The average Bonchev–Trinajstić information content (AvgIpc) is 2.31. The highest BCUT2D eigenvalue weighted by Gasteiger charge is 2.18. The van der Waals surface area contributed by atoms with E-state index in [0.29, 0.717) is 0 Å². The lowest BCUT2D eigenvalue weighted by Gasteiger charge is -2.16. The van der Waals surface area contributed by atoms with E-state index >= 15 is 0 Å². The van der Waals surface area contributed by atoms with Crippen LogP contribution >= 0.6 is 0 Å². The largest absolute Gasteiger partial charge is 0.508 e. The van der Waals surface area contributed by atoms with Gasteiger partial charge in [0.2, 0.25) is 0 Å². The van der Waals surface area contributed by atoms with E-state index in [9.17, 15) is 19.8 Å². The Bertz CT molecular complexity index is 443. The van der Waals surface area contributed by atoms with Crippen LogP contribution in [0.4, 0.5) is 0 Å². The van der Waals surface area contributed by atoms with E-state index in [1.165, 1.54) is 26.3 Å². The molecular weight excluding hydrogens is 226 g/mol. The van der Waals surface area contributed by atoms with Crippen molar-refractivity contribution in [3.8, 4) is 11.5 Å². The minimum Gasteiger partial charge on any atom is -0.508 e. The van der Waals surface area contributed by atoms with Crippen molar-refractivity contribution in [2.45, 2.75) is 0 Å². The Kier molecular flexibility index (Phi) is 3.92. The Balaban J connectivity index is 2.88. The van der Waals surface area contributed by atoms with Gasteiger partial charge in [0.15, 0.2) is 0 Å². The molecule has 1 rings (SSSR count). The molecule has 2 N–H and O–H groups in total. The maximum atomic E-state index is 11.8. The maximum absolute atomic E-state index is 11.8. The first-order chi connectivity index (χ1) is 7.95. The van der Waals surface area contributed by atoms with Crippen LogP contribution in [0.5, 0.6) is 11.5 Å². The number of nitrogens with zero attached hydrogens (tertiary/aromatic N) is 1. The molecule has 1 aromatic rings. The van der Waals surface area contributed by atoms with Gasteiger partial charge in [-0.1, -0.05) is 0 Å². The van der Waals surface area contributed by atoms with E-state index in [2.05, 4.69) is 4.74 Å². The molecule has 17 heavy (non-hydrogen) atoms. The summed E-state index contributed by atoms with van der Waals surface area (Å²) < 4.78 is 4.42. The molecule has 0 unspecified atom stereocenters. The number of methoxy groups -OCH3 is 1. The molecule has 6 nitrogen and oxygen atoms in total. The van der Waals surface area contributed by atoms with E-state index in [-0.39, 0.29) is 23.6 Å². The van der Waals surface area contributed by atoms with Crippen molar-refractivity contribution in [2.24, 2.45) is 0 Å². The van der Waals surface area contributed by atoms with E-state index in [1.807, 2.05) is 0 Å². The van der Waals surface area contributed by atoms with Crippen LogP contribution in [0.15, 0.2) is 18.2 Å². The highest BCUT2D eigenvalue weighted by Crippen LogP contribution is 2.23. The third kappa shape index (κ3) is 3.10. The SMILES string of the molecule is COC(=O)CN(C)C(=O)c1cc(O)ccc1O. The summed E-state index contributed by atoms with van der Waals surface area (Å²) in [5.74, 6) is -1.55. The number of rotatable bonds is 3.